The van der Waals surface area contributed by atoms with E-state index >= 15 is 0 Å². The molecule has 1 unspecified atom stereocenters. The van der Waals surface area contributed by atoms with E-state index in [2.05, 4.69) is 52.4 Å². The Morgan fingerprint density at radius 1 is 1.13 bits per heavy atom. The molecule has 0 saturated heterocycles. The smallest absolute Gasteiger partial charge is 0.229 e. The molecule has 2 aromatic carbocycles. The van der Waals surface area contributed by atoms with Crippen LogP contribution in [0.1, 0.15) is 42.0 Å². The van der Waals surface area contributed by atoms with Crippen molar-refractivity contribution in [3.05, 3.63) is 76.8 Å². The number of nitrogens with one attached hydrogen (secondary N) is 1. The molecule has 2 heterocycles. The Hall–Kier alpha value is -3.59. The first kappa shape index (κ1) is 19.4. The number of ether oxygens (including phenoxy) is 1. The molecule has 4 bridgehead atoms. The van der Waals surface area contributed by atoms with E-state index in [0.29, 0.717) is 24.0 Å². The van der Waals surface area contributed by atoms with Crippen molar-refractivity contribution in [3.63, 3.8) is 0 Å². The van der Waals surface area contributed by atoms with Crippen LogP contribution in [0.15, 0.2) is 48.5 Å². The molecule has 5 rings (SSSR count). The monoisotopic (exact) mass is 411 g/mol. The summed E-state index contributed by atoms with van der Waals surface area (Å²) < 4.78 is 5.92. The van der Waals surface area contributed by atoms with Crippen molar-refractivity contribution in [2.24, 2.45) is 0 Å². The second kappa shape index (κ2) is 8.27. The lowest BCUT2D eigenvalue weighted by Crippen LogP contribution is -2.22. The lowest BCUT2D eigenvalue weighted by Gasteiger charge is -2.22. The van der Waals surface area contributed by atoms with Gasteiger partial charge < -0.3 is 15.0 Å². The quantitative estimate of drug-likeness (QED) is 0.539. The van der Waals surface area contributed by atoms with Crippen LogP contribution in [0.25, 0.3) is 4.85 Å². The van der Waals surface area contributed by atoms with Gasteiger partial charge in [-0.1, -0.05) is 36.4 Å². The fraction of sp³-hybridized carbons (Fsp3) is 0.320. The summed E-state index contributed by atoms with van der Waals surface area (Å²) in [5.41, 5.74) is 5.03. The predicted molar refractivity (Wildman–Crippen MR) is 123 cm³/mol. The third-order valence-electron chi connectivity index (χ3n) is 6.08. The lowest BCUT2D eigenvalue weighted by molar-refractivity contribution is 0.309. The van der Waals surface area contributed by atoms with Gasteiger partial charge in [-0.2, -0.15) is 4.98 Å². The Labute approximate surface area is 182 Å². The highest BCUT2D eigenvalue weighted by molar-refractivity contribution is 5.68. The fourth-order valence-corrected chi connectivity index (χ4v) is 4.49. The number of nitrogens with zero attached hydrogens (tertiary/aromatic N) is 4. The molecule has 1 atom stereocenters. The summed E-state index contributed by atoms with van der Waals surface area (Å²) >= 11 is 0. The molecule has 0 amide bonds. The zero-order valence-corrected chi connectivity index (χ0v) is 17.6. The van der Waals surface area contributed by atoms with Crippen molar-refractivity contribution >= 4 is 23.1 Å². The second-order valence-electron chi connectivity index (χ2n) is 8.13. The van der Waals surface area contributed by atoms with Crippen molar-refractivity contribution in [3.8, 4) is 5.75 Å². The third-order valence-corrected chi connectivity index (χ3v) is 6.08. The van der Waals surface area contributed by atoms with Crippen molar-refractivity contribution < 1.29 is 4.74 Å². The van der Waals surface area contributed by atoms with Crippen molar-refractivity contribution in [2.75, 3.05) is 30.4 Å². The average molecular weight is 412 g/mol. The van der Waals surface area contributed by atoms with E-state index in [9.17, 15) is 0 Å². The van der Waals surface area contributed by atoms with Crippen LogP contribution in [-0.2, 0) is 6.42 Å². The van der Waals surface area contributed by atoms with Crippen LogP contribution in [-0.4, -0.2) is 30.2 Å². The molecule has 0 spiro atoms. The average Bonchev–Trinajstić information content (AvgIpc) is 3.22. The topological polar surface area (TPSA) is 54.6 Å². The van der Waals surface area contributed by atoms with Crippen LogP contribution in [0, 0.1) is 6.57 Å². The highest BCUT2D eigenvalue weighted by Gasteiger charge is 2.30. The van der Waals surface area contributed by atoms with Gasteiger partial charge in [0.1, 0.15) is 11.6 Å². The van der Waals surface area contributed by atoms with Crippen molar-refractivity contribution in [2.45, 2.75) is 31.6 Å². The molecule has 1 aliphatic heterocycles. The minimum absolute atomic E-state index is 0.283. The minimum Gasteiger partial charge on any atom is -0.505 e. The second-order valence-corrected chi connectivity index (χ2v) is 8.13. The molecule has 1 N–H and O–H groups in total. The molecule has 6 nitrogen and oxygen atoms in total. The fourth-order valence-electron chi connectivity index (χ4n) is 4.49. The van der Waals surface area contributed by atoms with Crippen LogP contribution in [0.5, 0.6) is 5.75 Å². The van der Waals surface area contributed by atoms with E-state index in [1.807, 2.05) is 12.1 Å². The van der Waals surface area contributed by atoms with Crippen LogP contribution < -0.4 is 15.0 Å². The first-order valence-electron chi connectivity index (χ1n) is 10.8. The van der Waals surface area contributed by atoms with Gasteiger partial charge in [0.15, 0.2) is 0 Å². The first-order valence-corrected chi connectivity index (χ1v) is 10.8. The van der Waals surface area contributed by atoms with E-state index in [-0.39, 0.29) is 5.92 Å². The number of hydrogen-bond donors (Lipinski definition) is 1. The van der Waals surface area contributed by atoms with Crippen molar-refractivity contribution in [1.82, 2.24) is 9.97 Å². The van der Waals surface area contributed by atoms with Crippen LogP contribution in [0.2, 0.25) is 0 Å². The van der Waals surface area contributed by atoms with E-state index < -0.39 is 0 Å². The molecule has 6 heteroatoms. The van der Waals surface area contributed by atoms with Gasteiger partial charge in [-0.3, -0.25) is 0 Å². The molecule has 3 aromatic rings. The normalized spacial score (nSPS) is 17.8. The first-order chi connectivity index (χ1) is 15.2. The summed E-state index contributed by atoms with van der Waals surface area (Å²) in [5, 5.41) is 3.36. The van der Waals surface area contributed by atoms with E-state index in [0.717, 1.165) is 49.4 Å². The Morgan fingerprint density at radius 2 is 2.00 bits per heavy atom. The zero-order chi connectivity index (χ0) is 21.2. The van der Waals surface area contributed by atoms with E-state index in [4.69, 9.17) is 21.3 Å². The molecule has 1 aromatic heterocycles. The molecule has 0 saturated carbocycles. The van der Waals surface area contributed by atoms with Crippen molar-refractivity contribution in [1.29, 1.82) is 0 Å². The maximum absolute atomic E-state index is 7.41. The number of fused-ring (bicyclic) bond motifs is 6. The summed E-state index contributed by atoms with van der Waals surface area (Å²) in [4.78, 5) is 15.7. The summed E-state index contributed by atoms with van der Waals surface area (Å²) in [6.07, 6.45) is 3.96. The SMILES string of the molecule is [C-]#[N+]c1ccc2cc1OCCCCN(C)c1nc(nc3c1CCC3c1ccccc1)N2. The third kappa shape index (κ3) is 3.79. The number of benzene rings is 2. The maximum Gasteiger partial charge on any atom is 0.229 e. The summed E-state index contributed by atoms with van der Waals surface area (Å²) in [6, 6.07) is 16.2. The van der Waals surface area contributed by atoms with Gasteiger partial charge >= 0.3 is 0 Å². The highest BCUT2D eigenvalue weighted by atomic mass is 16.5. The summed E-state index contributed by atoms with van der Waals surface area (Å²) in [5.74, 6) is 2.50. The Kier molecular flexibility index (Phi) is 5.17. The van der Waals surface area contributed by atoms with Crippen LogP contribution >= 0.6 is 0 Å². The van der Waals surface area contributed by atoms with Gasteiger partial charge in [-0.05, 0) is 43.4 Å². The summed E-state index contributed by atoms with van der Waals surface area (Å²) in [6.45, 7) is 8.90. The molecule has 0 fully saturated rings. The Balaban J connectivity index is 1.60. The Bertz CT molecular complexity index is 1140. The van der Waals surface area contributed by atoms with Crippen LogP contribution in [0.4, 0.5) is 23.1 Å². The lowest BCUT2D eigenvalue weighted by atomic mass is 9.97. The van der Waals surface area contributed by atoms with Gasteiger partial charge in [-0.25, -0.2) is 9.83 Å². The number of aromatic nitrogens is 2. The van der Waals surface area contributed by atoms with Gasteiger partial charge in [0, 0.05) is 30.8 Å². The molecule has 0 radical (unpaired) electrons. The highest BCUT2D eigenvalue weighted by Crippen LogP contribution is 2.41. The maximum atomic E-state index is 7.41. The molecule has 31 heavy (non-hydrogen) atoms. The van der Waals surface area contributed by atoms with Gasteiger partial charge in [0.05, 0.1) is 18.9 Å². The molecule has 2 aliphatic rings. The Morgan fingerprint density at radius 3 is 2.84 bits per heavy atom. The zero-order valence-electron chi connectivity index (χ0n) is 17.6. The molecular weight excluding hydrogens is 386 g/mol. The largest absolute Gasteiger partial charge is 0.505 e. The van der Waals surface area contributed by atoms with E-state index in [1.54, 1.807) is 6.07 Å². The molecule has 156 valence electrons. The van der Waals surface area contributed by atoms with Crippen LogP contribution in [0.3, 0.4) is 0 Å². The van der Waals surface area contributed by atoms with Gasteiger partial charge in [-0.15, -0.1) is 0 Å². The standard InChI is InChI=1S/C25H25N5O/c1-26-21-13-10-18-16-22(21)31-15-7-6-14-30(2)24-20-12-11-19(17-8-4-3-5-9-17)23(20)28-25(27-18)29-24/h3-5,8-10,13,16,19H,6-7,11-12,14-15H2,2H3,(H,27,28,29). The van der Waals surface area contributed by atoms with Gasteiger partial charge in [0.25, 0.3) is 0 Å². The molecule has 1 aliphatic carbocycles. The predicted octanol–water partition coefficient (Wildman–Crippen LogP) is 5.46. The number of anilines is 3. The minimum atomic E-state index is 0.283. The van der Waals surface area contributed by atoms with E-state index in [1.165, 1.54) is 11.1 Å². The number of rotatable bonds is 1. The summed E-state index contributed by atoms with van der Waals surface area (Å²) in [7, 11) is 2.11. The molecular formula is C25H25N5O. The number of hydrogen-bond acceptors (Lipinski definition) is 5. The van der Waals surface area contributed by atoms with Gasteiger partial charge in [0.2, 0.25) is 11.6 Å².